The van der Waals surface area contributed by atoms with Crippen LogP contribution in [0, 0.1) is 0 Å². The molecule has 1 aliphatic heterocycles. The average Bonchev–Trinajstić information content (AvgIpc) is 3.01. The fourth-order valence-corrected chi connectivity index (χ4v) is 5.14. The molecule has 1 aromatic heterocycles. The standard InChI is InChI=1S/C16H26N4OS2/c1-12-7-5-6-10-20(12)14(21)11-22-16-19-18-15(23-16)17-13-8-3-2-4-9-13/h12-13H,2-11H2,1H3,(H,17,18)/t12-/m0/s1. The Labute approximate surface area is 146 Å². The van der Waals surface area contributed by atoms with E-state index in [0.29, 0.717) is 17.8 Å². The van der Waals surface area contributed by atoms with Crippen molar-refractivity contribution in [3.8, 4) is 0 Å². The van der Waals surface area contributed by atoms with Crippen molar-refractivity contribution in [2.24, 2.45) is 0 Å². The van der Waals surface area contributed by atoms with E-state index in [1.165, 1.54) is 50.3 Å². The first-order valence-corrected chi connectivity index (χ1v) is 10.5. The highest BCUT2D eigenvalue weighted by Gasteiger charge is 2.23. The highest BCUT2D eigenvalue weighted by atomic mass is 32.2. The number of likely N-dealkylation sites (tertiary alicyclic amines) is 1. The molecule has 0 radical (unpaired) electrons. The lowest BCUT2D eigenvalue weighted by Crippen LogP contribution is -2.42. The van der Waals surface area contributed by atoms with E-state index in [4.69, 9.17) is 0 Å². The van der Waals surface area contributed by atoms with Gasteiger partial charge in [0.25, 0.3) is 0 Å². The molecular formula is C16H26N4OS2. The van der Waals surface area contributed by atoms with Crippen LogP contribution < -0.4 is 5.32 Å². The van der Waals surface area contributed by atoms with Crippen LogP contribution in [0.5, 0.6) is 0 Å². The van der Waals surface area contributed by atoms with E-state index in [2.05, 4.69) is 22.4 Å². The van der Waals surface area contributed by atoms with Gasteiger partial charge >= 0.3 is 0 Å². The summed E-state index contributed by atoms with van der Waals surface area (Å²) in [6, 6.07) is 0.931. The summed E-state index contributed by atoms with van der Waals surface area (Å²) in [7, 11) is 0. The van der Waals surface area contributed by atoms with Crippen LogP contribution in [0.3, 0.4) is 0 Å². The van der Waals surface area contributed by atoms with Crippen molar-refractivity contribution in [2.45, 2.75) is 74.7 Å². The van der Waals surface area contributed by atoms with E-state index in [1.807, 2.05) is 4.90 Å². The van der Waals surface area contributed by atoms with Crippen LogP contribution in [0.1, 0.15) is 58.3 Å². The zero-order chi connectivity index (χ0) is 16.1. The van der Waals surface area contributed by atoms with E-state index in [-0.39, 0.29) is 5.91 Å². The number of carbonyl (C=O) groups is 1. The van der Waals surface area contributed by atoms with Gasteiger partial charge in [0.15, 0.2) is 4.34 Å². The molecule has 1 saturated carbocycles. The summed E-state index contributed by atoms with van der Waals surface area (Å²) in [4.78, 5) is 14.4. The average molecular weight is 355 g/mol. The Morgan fingerprint density at radius 3 is 2.78 bits per heavy atom. The third kappa shape index (κ3) is 4.83. The summed E-state index contributed by atoms with van der Waals surface area (Å²) < 4.78 is 0.890. The van der Waals surface area contributed by atoms with Crippen LogP contribution in [0.4, 0.5) is 5.13 Å². The number of hydrogen-bond acceptors (Lipinski definition) is 6. The van der Waals surface area contributed by atoms with Crippen LogP contribution in [0.15, 0.2) is 4.34 Å². The van der Waals surface area contributed by atoms with E-state index in [1.54, 1.807) is 11.3 Å². The van der Waals surface area contributed by atoms with Gasteiger partial charge in [0.2, 0.25) is 11.0 Å². The van der Waals surface area contributed by atoms with Crippen molar-refractivity contribution >= 4 is 34.1 Å². The topological polar surface area (TPSA) is 58.1 Å². The number of nitrogens with one attached hydrogen (secondary N) is 1. The summed E-state index contributed by atoms with van der Waals surface area (Å²) in [6.07, 6.45) is 9.93. The van der Waals surface area contributed by atoms with Crippen LogP contribution in [-0.4, -0.2) is 45.4 Å². The lowest BCUT2D eigenvalue weighted by molar-refractivity contribution is -0.131. The monoisotopic (exact) mass is 354 g/mol. The van der Waals surface area contributed by atoms with Gasteiger partial charge in [-0.3, -0.25) is 4.79 Å². The molecule has 23 heavy (non-hydrogen) atoms. The Hall–Kier alpha value is -0.820. The first kappa shape index (κ1) is 17.0. The Morgan fingerprint density at radius 2 is 2.00 bits per heavy atom. The number of carbonyl (C=O) groups excluding carboxylic acids is 1. The van der Waals surface area contributed by atoms with Gasteiger partial charge in [0.05, 0.1) is 5.75 Å². The highest BCUT2D eigenvalue weighted by molar-refractivity contribution is 8.01. The van der Waals surface area contributed by atoms with Crippen molar-refractivity contribution < 1.29 is 4.79 Å². The molecule has 7 heteroatoms. The predicted octanol–water partition coefficient (Wildman–Crippen LogP) is 3.78. The molecule has 1 saturated heterocycles. The minimum absolute atomic E-state index is 0.235. The fourth-order valence-electron chi connectivity index (χ4n) is 3.42. The van der Waals surface area contributed by atoms with Crippen molar-refractivity contribution in [3.63, 3.8) is 0 Å². The molecule has 3 rings (SSSR count). The summed E-state index contributed by atoms with van der Waals surface area (Å²) in [5, 5.41) is 12.8. The number of nitrogens with zero attached hydrogens (tertiary/aromatic N) is 3. The second kappa shape index (κ2) is 8.33. The third-order valence-electron chi connectivity index (χ3n) is 4.78. The van der Waals surface area contributed by atoms with Gasteiger partial charge in [-0.25, -0.2) is 0 Å². The highest BCUT2D eigenvalue weighted by Crippen LogP contribution is 2.29. The Balaban J connectivity index is 1.46. The van der Waals surface area contributed by atoms with Crippen LogP contribution in [-0.2, 0) is 4.79 Å². The number of piperidine rings is 1. The van der Waals surface area contributed by atoms with Gasteiger partial charge in [0, 0.05) is 18.6 Å². The molecule has 1 atom stereocenters. The molecule has 0 unspecified atom stereocenters. The number of hydrogen-bond donors (Lipinski definition) is 1. The molecule has 1 amide bonds. The normalized spacial score (nSPS) is 23.0. The van der Waals surface area contributed by atoms with Crippen LogP contribution in [0.25, 0.3) is 0 Å². The number of amides is 1. The molecule has 2 aliphatic rings. The van der Waals surface area contributed by atoms with E-state index < -0.39 is 0 Å². The molecule has 1 N–H and O–H groups in total. The lowest BCUT2D eigenvalue weighted by Gasteiger charge is -2.33. The molecular weight excluding hydrogens is 328 g/mol. The molecule has 2 fully saturated rings. The number of thioether (sulfide) groups is 1. The summed E-state index contributed by atoms with van der Waals surface area (Å²) in [6.45, 7) is 3.06. The zero-order valence-electron chi connectivity index (χ0n) is 13.8. The maximum absolute atomic E-state index is 12.4. The number of rotatable bonds is 5. The Kier molecular flexibility index (Phi) is 6.16. The maximum atomic E-state index is 12.4. The first-order valence-electron chi connectivity index (χ1n) is 8.74. The van der Waals surface area contributed by atoms with E-state index in [9.17, 15) is 4.79 Å². The first-order chi connectivity index (χ1) is 11.2. The Morgan fingerprint density at radius 1 is 1.22 bits per heavy atom. The second-order valence-electron chi connectivity index (χ2n) is 6.57. The van der Waals surface area contributed by atoms with Crippen molar-refractivity contribution in [1.82, 2.24) is 15.1 Å². The quantitative estimate of drug-likeness (QED) is 0.816. The SMILES string of the molecule is C[C@H]1CCCCN1C(=O)CSc1nnc(NC2CCCCC2)s1. The second-order valence-corrected chi connectivity index (χ2v) is 8.77. The van der Waals surface area contributed by atoms with Crippen molar-refractivity contribution in [3.05, 3.63) is 0 Å². The summed E-state index contributed by atoms with van der Waals surface area (Å²) in [5.74, 6) is 0.710. The molecule has 0 aromatic carbocycles. The Bertz CT molecular complexity index is 516. The third-order valence-corrected chi connectivity index (χ3v) is 6.75. The predicted molar refractivity (Wildman–Crippen MR) is 96.2 cm³/mol. The zero-order valence-corrected chi connectivity index (χ0v) is 15.4. The number of anilines is 1. The summed E-state index contributed by atoms with van der Waals surface area (Å²) in [5.41, 5.74) is 0. The van der Waals surface area contributed by atoms with Gasteiger partial charge in [-0.05, 0) is 39.0 Å². The van der Waals surface area contributed by atoms with Gasteiger partial charge in [-0.15, -0.1) is 10.2 Å². The molecule has 5 nitrogen and oxygen atoms in total. The molecule has 0 spiro atoms. The molecule has 128 valence electrons. The fraction of sp³-hybridized carbons (Fsp3) is 0.812. The maximum Gasteiger partial charge on any atom is 0.233 e. The summed E-state index contributed by atoms with van der Waals surface area (Å²) >= 11 is 3.10. The van der Waals surface area contributed by atoms with Gasteiger partial charge < -0.3 is 10.2 Å². The molecule has 1 aromatic rings. The molecule has 2 heterocycles. The smallest absolute Gasteiger partial charge is 0.233 e. The van der Waals surface area contributed by atoms with E-state index in [0.717, 1.165) is 28.9 Å². The van der Waals surface area contributed by atoms with Gasteiger partial charge in [0.1, 0.15) is 0 Å². The lowest BCUT2D eigenvalue weighted by atomic mass is 9.96. The van der Waals surface area contributed by atoms with Crippen molar-refractivity contribution in [1.29, 1.82) is 0 Å². The number of aromatic nitrogens is 2. The largest absolute Gasteiger partial charge is 0.357 e. The van der Waals surface area contributed by atoms with Crippen molar-refractivity contribution in [2.75, 3.05) is 17.6 Å². The minimum atomic E-state index is 0.235. The van der Waals surface area contributed by atoms with Gasteiger partial charge in [-0.1, -0.05) is 42.4 Å². The van der Waals surface area contributed by atoms with E-state index >= 15 is 0 Å². The minimum Gasteiger partial charge on any atom is -0.357 e. The van der Waals surface area contributed by atoms with Crippen LogP contribution >= 0.6 is 23.1 Å². The molecule has 1 aliphatic carbocycles. The van der Waals surface area contributed by atoms with Gasteiger partial charge in [-0.2, -0.15) is 0 Å². The van der Waals surface area contributed by atoms with Crippen LogP contribution in [0.2, 0.25) is 0 Å². The molecule has 0 bridgehead atoms.